The molecule has 1 unspecified atom stereocenters. The molecule has 7 heteroatoms. The van der Waals surface area contributed by atoms with Crippen LogP contribution in [0.1, 0.15) is 55.8 Å². The van der Waals surface area contributed by atoms with Crippen molar-refractivity contribution in [3.63, 3.8) is 0 Å². The number of amides is 1. The molecule has 2 aromatic rings. The highest BCUT2D eigenvalue weighted by molar-refractivity contribution is 6.46. The summed E-state index contributed by atoms with van der Waals surface area (Å²) >= 11 is 0. The smallest absolute Gasteiger partial charge is 0.295 e. The Bertz CT molecular complexity index is 1090. The number of likely N-dealkylation sites (N-methyl/N-ethyl adjacent to an activating group) is 1. The minimum atomic E-state index is -0.689. The molecule has 36 heavy (non-hydrogen) atoms. The first-order valence-electron chi connectivity index (χ1n) is 12.7. The lowest BCUT2D eigenvalue weighted by Crippen LogP contribution is -2.35. The number of rotatable bonds is 12. The van der Waals surface area contributed by atoms with Crippen LogP contribution >= 0.6 is 0 Å². The Hall–Kier alpha value is -3.32. The first kappa shape index (κ1) is 27.3. The average Bonchev–Trinajstić information content (AvgIpc) is 3.12. The number of likely N-dealkylation sites (tertiary alicyclic amines) is 1. The van der Waals surface area contributed by atoms with Crippen molar-refractivity contribution in [1.29, 1.82) is 0 Å². The Morgan fingerprint density at radius 1 is 1.00 bits per heavy atom. The minimum absolute atomic E-state index is 0.0973. The van der Waals surface area contributed by atoms with Crippen LogP contribution in [0.25, 0.3) is 5.76 Å². The molecule has 2 aromatic carbocycles. The molecule has 0 spiro atoms. The summed E-state index contributed by atoms with van der Waals surface area (Å²) in [5.41, 5.74) is 2.18. The van der Waals surface area contributed by atoms with Gasteiger partial charge in [0.15, 0.2) is 0 Å². The van der Waals surface area contributed by atoms with Gasteiger partial charge in [-0.15, -0.1) is 0 Å². The van der Waals surface area contributed by atoms with Crippen LogP contribution in [0.15, 0.2) is 48.0 Å². The molecule has 7 nitrogen and oxygen atoms in total. The van der Waals surface area contributed by atoms with E-state index in [2.05, 4.69) is 6.92 Å². The normalized spacial score (nSPS) is 17.2. The van der Waals surface area contributed by atoms with Crippen LogP contribution in [-0.2, 0) is 9.59 Å². The zero-order valence-corrected chi connectivity index (χ0v) is 22.0. The van der Waals surface area contributed by atoms with E-state index in [0.29, 0.717) is 31.9 Å². The quantitative estimate of drug-likeness (QED) is 0.195. The summed E-state index contributed by atoms with van der Waals surface area (Å²) in [4.78, 5) is 29.8. The third-order valence-electron chi connectivity index (χ3n) is 6.20. The van der Waals surface area contributed by atoms with E-state index >= 15 is 0 Å². The van der Waals surface area contributed by atoms with Crippen molar-refractivity contribution in [2.75, 3.05) is 40.4 Å². The molecular weight excluding hydrogens is 456 g/mol. The molecule has 194 valence electrons. The van der Waals surface area contributed by atoms with Gasteiger partial charge in [-0.3, -0.25) is 9.59 Å². The molecule has 0 bridgehead atoms. The molecule has 1 atom stereocenters. The van der Waals surface area contributed by atoms with E-state index in [1.807, 2.05) is 57.1 Å². The van der Waals surface area contributed by atoms with Crippen molar-refractivity contribution in [2.45, 2.75) is 46.1 Å². The molecular formula is C29H38N2O5. The highest BCUT2D eigenvalue weighted by Gasteiger charge is 2.45. The fourth-order valence-electron chi connectivity index (χ4n) is 4.17. The van der Waals surface area contributed by atoms with Gasteiger partial charge in [-0.25, -0.2) is 0 Å². The molecule has 0 aromatic heterocycles. The number of hydrogen-bond acceptors (Lipinski definition) is 6. The van der Waals surface area contributed by atoms with Crippen molar-refractivity contribution in [3.05, 3.63) is 64.7 Å². The largest absolute Gasteiger partial charge is 0.507 e. The summed E-state index contributed by atoms with van der Waals surface area (Å²) < 4.78 is 11.5. The summed E-state index contributed by atoms with van der Waals surface area (Å²) in [5, 5.41) is 11.3. The number of hydrogen-bond donors (Lipinski definition) is 1. The number of aryl methyl sites for hydroxylation is 1. The van der Waals surface area contributed by atoms with Crippen molar-refractivity contribution in [2.24, 2.45) is 0 Å². The Labute approximate surface area is 214 Å². The first-order chi connectivity index (χ1) is 17.3. The predicted octanol–water partition coefficient (Wildman–Crippen LogP) is 4.95. The Morgan fingerprint density at radius 2 is 1.72 bits per heavy atom. The van der Waals surface area contributed by atoms with Crippen LogP contribution in [-0.4, -0.2) is 67.0 Å². The zero-order valence-electron chi connectivity index (χ0n) is 22.0. The van der Waals surface area contributed by atoms with E-state index < -0.39 is 17.7 Å². The maximum Gasteiger partial charge on any atom is 0.295 e. The first-order valence-corrected chi connectivity index (χ1v) is 12.7. The molecule has 1 saturated heterocycles. The number of unbranched alkanes of at least 4 members (excludes halogenated alkanes) is 1. The van der Waals surface area contributed by atoms with Crippen LogP contribution in [0, 0.1) is 6.92 Å². The number of benzene rings is 2. The van der Waals surface area contributed by atoms with Crippen LogP contribution < -0.4 is 9.47 Å². The number of aliphatic hydroxyl groups is 1. The van der Waals surface area contributed by atoms with Crippen molar-refractivity contribution < 1.29 is 24.2 Å². The van der Waals surface area contributed by atoms with Gasteiger partial charge in [-0.1, -0.05) is 32.4 Å². The fraction of sp³-hybridized carbons (Fsp3) is 0.448. The van der Waals surface area contributed by atoms with Gasteiger partial charge in [0.25, 0.3) is 11.7 Å². The zero-order chi connectivity index (χ0) is 26.2. The molecule has 0 aliphatic carbocycles. The average molecular weight is 495 g/mol. The van der Waals surface area contributed by atoms with E-state index in [1.54, 1.807) is 23.1 Å². The number of ether oxygens (including phenoxy) is 2. The summed E-state index contributed by atoms with van der Waals surface area (Å²) in [7, 11) is 3.83. The van der Waals surface area contributed by atoms with Gasteiger partial charge in [-0.05, 0) is 75.3 Å². The van der Waals surface area contributed by atoms with Gasteiger partial charge >= 0.3 is 0 Å². The lowest BCUT2D eigenvalue weighted by Gasteiger charge is -2.26. The topological polar surface area (TPSA) is 79.3 Å². The lowest BCUT2D eigenvalue weighted by atomic mass is 9.94. The van der Waals surface area contributed by atoms with Crippen molar-refractivity contribution in [3.8, 4) is 11.5 Å². The second kappa shape index (κ2) is 12.6. The summed E-state index contributed by atoms with van der Waals surface area (Å²) in [5.74, 6) is 0.000411. The number of carbonyl (C=O) groups excluding carboxylic acids is 2. The molecule has 0 saturated carbocycles. The summed E-state index contributed by atoms with van der Waals surface area (Å²) in [6.07, 6.45) is 2.89. The number of ketones is 1. The molecule has 1 aliphatic rings. The molecule has 1 heterocycles. The highest BCUT2D eigenvalue weighted by atomic mass is 16.5. The molecule has 1 N–H and O–H groups in total. The van der Waals surface area contributed by atoms with E-state index in [1.165, 1.54) is 0 Å². The SMILES string of the molecule is CCCCOc1ccc(/C(O)=C2\C(=O)C(=O)N(CCN(C)C)C2c2ccc(OCCC)cc2)cc1C. The lowest BCUT2D eigenvalue weighted by molar-refractivity contribution is -0.140. The Morgan fingerprint density at radius 3 is 2.33 bits per heavy atom. The third-order valence-corrected chi connectivity index (χ3v) is 6.20. The Kier molecular flexibility index (Phi) is 9.53. The molecule has 1 fully saturated rings. The van der Waals surface area contributed by atoms with Gasteiger partial charge in [0.2, 0.25) is 0 Å². The third kappa shape index (κ3) is 6.26. The monoisotopic (exact) mass is 494 g/mol. The highest BCUT2D eigenvalue weighted by Crippen LogP contribution is 2.40. The van der Waals surface area contributed by atoms with Crippen LogP contribution in [0.3, 0.4) is 0 Å². The maximum atomic E-state index is 13.2. The molecule has 1 amide bonds. The summed E-state index contributed by atoms with van der Waals surface area (Å²) in [6, 6.07) is 12.0. The van der Waals surface area contributed by atoms with Crippen LogP contribution in [0.5, 0.6) is 11.5 Å². The molecule has 3 rings (SSSR count). The second-order valence-corrected chi connectivity index (χ2v) is 9.40. The van der Waals surface area contributed by atoms with Crippen LogP contribution in [0.4, 0.5) is 0 Å². The van der Waals surface area contributed by atoms with E-state index in [-0.39, 0.29) is 11.3 Å². The molecule has 1 aliphatic heterocycles. The maximum absolute atomic E-state index is 13.2. The van der Waals surface area contributed by atoms with Gasteiger partial charge in [0.05, 0.1) is 24.8 Å². The van der Waals surface area contributed by atoms with Gasteiger partial charge in [-0.2, -0.15) is 0 Å². The number of aliphatic hydroxyl groups excluding tert-OH is 1. The summed E-state index contributed by atoms with van der Waals surface area (Å²) in [6.45, 7) is 8.22. The van der Waals surface area contributed by atoms with E-state index in [4.69, 9.17) is 9.47 Å². The second-order valence-electron chi connectivity index (χ2n) is 9.40. The Balaban J connectivity index is 2.02. The van der Waals surface area contributed by atoms with E-state index in [0.717, 1.165) is 41.9 Å². The number of Topliss-reactive ketones (excluding diaryl/α,β-unsaturated/α-hetero) is 1. The molecule has 0 radical (unpaired) electrons. The van der Waals surface area contributed by atoms with Crippen LogP contribution in [0.2, 0.25) is 0 Å². The predicted molar refractivity (Wildman–Crippen MR) is 141 cm³/mol. The minimum Gasteiger partial charge on any atom is -0.507 e. The van der Waals surface area contributed by atoms with Gasteiger partial charge < -0.3 is 24.4 Å². The number of nitrogens with zero attached hydrogens (tertiary/aromatic N) is 2. The van der Waals surface area contributed by atoms with Crippen molar-refractivity contribution >= 4 is 17.4 Å². The van der Waals surface area contributed by atoms with Crippen molar-refractivity contribution in [1.82, 2.24) is 9.80 Å². The standard InChI is InChI=1S/C29H38N2O5/c1-6-8-18-36-24-14-11-22(19-20(24)3)27(32)25-26(21-9-12-23(13-10-21)35-17-7-2)31(16-15-30(4)5)29(34)28(25)33/h9-14,19,26,32H,6-8,15-18H2,1-5H3/b27-25+. The number of carbonyl (C=O) groups is 2. The van der Waals surface area contributed by atoms with Gasteiger partial charge in [0, 0.05) is 18.7 Å². The van der Waals surface area contributed by atoms with Gasteiger partial charge in [0.1, 0.15) is 17.3 Å². The van der Waals surface area contributed by atoms with E-state index in [9.17, 15) is 14.7 Å². The fourth-order valence-corrected chi connectivity index (χ4v) is 4.17.